The van der Waals surface area contributed by atoms with Gasteiger partial charge in [-0.3, -0.25) is 9.20 Å². The highest BCUT2D eigenvalue weighted by molar-refractivity contribution is 6.17. The molecule has 3 heteroatoms. The van der Waals surface area contributed by atoms with Gasteiger partial charge in [-0.25, -0.2) is 4.98 Å². The van der Waals surface area contributed by atoms with Gasteiger partial charge in [-0.2, -0.15) is 0 Å². The van der Waals surface area contributed by atoms with Gasteiger partial charge in [0, 0.05) is 21.5 Å². The van der Waals surface area contributed by atoms with Crippen LogP contribution in [-0.2, 0) is 12.8 Å². The Morgan fingerprint density at radius 1 is 0.828 bits per heavy atom. The largest absolute Gasteiger partial charge is 0.268 e. The first-order valence-electron chi connectivity index (χ1n) is 10.3. The predicted octanol–water partition coefficient (Wildman–Crippen LogP) is 5.87. The van der Waals surface area contributed by atoms with E-state index in [2.05, 4.69) is 56.3 Å². The van der Waals surface area contributed by atoms with E-state index in [0.29, 0.717) is 0 Å². The van der Waals surface area contributed by atoms with Crippen LogP contribution in [0, 0.1) is 0 Å². The molecule has 2 heterocycles. The Balaban J connectivity index is 2.02. The lowest BCUT2D eigenvalue weighted by atomic mass is 9.94. The van der Waals surface area contributed by atoms with Gasteiger partial charge >= 0.3 is 0 Å². The van der Waals surface area contributed by atoms with Gasteiger partial charge in [0.25, 0.3) is 5.56 Å². The number of pyridine rings is 1. The molecule has 0 aliphatic carbocycles. The average Bonchev–Trinajstić information content (AvgIpc) is 2.76. The van der Waals surface area contributed by atoms with Crippen LogP contribution in [-0.4, -0.2) is 9.38 Å². The van der Waals surface area contributed by atoms with Crippen molar-refractivity contribution < 1.29 is 0 Å². The van der Waals surface area contributed by atoms with Crippen molar-refractivity contribution in [1.29, 1.82) is 0 Å². The zero-order chi connectivity index (χ0) is 19.7. The van der Waals surface area contributed by atoms with E-state index in [1.54, 1.807) is 0 Å². The molecule has 0 aliphatic heterocycles. The molecular weight excluding hydrogens is 356 g/mol. The number of nitrogens with zero attached hydrogens (tertiary/aromatic N) is 2. The Hall–Kier alpha value is -3.46. The van der Waals surface area contributed by atoms with Crippen molar-refractivity contribution in [1.82, 2.24) is 9.38 Å². The highest BCUT2D eigenvalue weighted by Crippen LogP contribution is 2.34. The standard InChI is InChI=1S/C26H20N2O/c1-3-15-14-17-10-7-13-21-23(17)24(18(15)4-2)27-25-19-11-5-8-16-9-6-12-20(22(16)19)26(29)28(21)25/h5-14H,3-4H2,1-2H3. The van der Waals surface area contributed by atoms with Crippen LogP contribution < -0.4 is 5.56 Å². The molecule has 6 rings (SSSR count). The minimum atomic E-state index is 0.00353. The van der Waals surface area contributed by atoms with E-state index in [9.17, 15) is 4.79 Å². The summed E-state index contributed by atoms with van der Waals surface area (Å²) < 4.78 is 1.82. The third-order valence-corrected chi connectivity index (χ3v) is 6.30. The second kappa shape index (κ2) is 5.77. The quantitative estimate of drug-likeness (QED) is 0.280. The predicted molar refractivity (Wildman–Crippen MR) is 121 cm³/mol. The van der Waals surface area contributed by atoms with Gasteiger partial charge in [-0.15, -0.1) is 0 Å². The van der Waals surface area contributed by atoms with Crippen LogP contribution in [0.1, 0.15) is 25.0 Å². The van der Waals surface area contributed by atoms with Crippen LogP contribution >= 0.6 is 0 Å². The van der Waals surface area contributed by atoms with Crippen LogP contribution in [0.25, 0.3) is 49.0 Å². The molecule has 0 fully saturated rings. The van der Waals surface area contributed by atoms with Crippen LogP contribution in [0.5, 0.6) is 0 Å². The first-order chi connectivity index (χ1) is 14.2. The molecule has 0 amide bonds. The molecule has 0 aliphatic rings. The highest BCUT2D eigenvalue weighted by atomic mass is 16.1. The first-order valence-corrected chi connectivity index (χ1v) is 10.3. The Kier molecular flexibility index (Phi) is 3.28. The van der Waals surface area contributed by atoms with Gasteiger partial charge in [0.15, 0.2) is 0 Å². The van der Waals surface area contributed by atoms with E-state index in [1.807, 2.05) is 22.6 Å². The van der Waals surface area contributed by atoms with Crippen molar-refractivity contribution >= 4 is 49.0 Å². The number of hydrogen-bond donors (Lipinski definition) is 0. The highest BCUT2D eigenvalue weighted by Gasteiger charge is 2.18. The van der Waals surface area contributed by atoms with E-state index in [0.717, 1.165) is 61.8 Å². The molecule has 0 atom stereocenters. The summed E-state index contributed by atoms with van der Waals surface area (Å²) in [6, 6.07) is 20.7. The van der Waals surface area contributed by atoms with E-state index < -0.39 is 0 Å². The number of aryl methyl sites for hydroxylation is 2. The molecule has 2 aromatic heterocycles. The van der Waals surface area contributed by atoms with Gasteiger partial charge in [-0.1, -0.05) is 62.4 Å². The Bertz CT molecular complexity index is 1640. The smallest absolute Gasteiger partial charge is 0.264 e. The maximum absolute atomic E-state index is 13.6. The second-order valence-corrected chi connectivity index (χ2v) is 7.73. The van der Waals surface area contributed by atoms with Crippen molar-refractivity contribution in [2.75, 3.05) is 0 Å². The van der Waals surface area contributed by atoms with Crippen LogP contribution in [0.3, 0.4) is 0 Å². The van der Waals surface area contributed by atoms with Crippen molar-refractivity contribution in [3.8, 4) is 0 Å². The number of benzene rings is 4. The third-order valence-electron chi connectivity index (χ3n) is 6.30. The first kappa shape index (κ1) is 16.5. The lowest BCUT2D eigenvalue weighted by molar-refractivity contribution is 1.04. The fraction of sp³-hybridized carbons (Fsp3) is 0.154. The normalized spacial score (nSPS) is 12.2. The molecule has 0 bridgehead atoms. The summed E-state index contributed by atoms with van der Waals surface area (Å²) in [7, 11) is 0. The Labute approximate surface area is 167 Å². The number of aromatic nitrogens is 2. The minimum absolute atomic E-state index is 0.00353. The van der Waals surface area contributed by atoms with E-state index in [1.165, 1.54) is 11.1 Å². The van der Waals surface area contributed by atoms with Crippen molar-refractivity contribution in [2.24, 2.45) is 0 Å². The van der Waals surface area contributed by atoms with Crippen LogP contribution in [0.4, 0.5) is 0 Å². The second-order valence-electron chi connectivity index (χ2n) is 7.73. The summed E-state index contributed by atoms with van der Waals surface area (Å²) in [5, 5.41) is 6.11. The molecule has 0 radical (unpaired) electrons. The fourth-order valence-corrected chi connectivity index (χ4v) is 5.02. The van der Waals surface area contributed by atoms with Gasteiger partial charge in [0.05, 0.1) is 11.0 Å². The van der Waals surface area contributed by atoms with Crippen LogP contribution in [0.15, 0.2) is 65.5 Å². The van der Waals surface area contributed by atoms with Crippen LogP contribution in [0.2, 0.25) is 0 Å². The molecule has 6 aromatic rings. The SMILES string of the molecule is CCc1cc2cccc3c2c(nc2c4cccc5cccc(c(=O)n32)c54)c1CC. The molecule has 140 valence electrons. The van der Waals surface area contributed by atoms with Gasteiger partial charge in [0.2, 0.25) is 0 Å². The number of hydrogen-bond acceptors (Lipinski definition) is 2. The molecule has 29 heavy (non-hydrogen) atoms. The molecule has 0 unspecified atom stereocenters. The van der Waals surface area contributed by atoms with Gasteiger partial charge in [0.1, 0.15) is 5.65 Å². The summed E-state index contributed by atoms with van der Waals surface area (Å²) >= 11 is 0. The lowest BCUT2D eigenvalue weighted by Crippen LogP contribution is -2.17. The Morgan fingerprint density at radius 3 is 2.31 bits per heavy atom. The third kappa shape index (κ3) is 2.02. The summed E-state index contributed by atoms with van der Waals surface area (Å²) in [6.45, 7) is 4.38. The molecule has 3 nitrogen and oxygen atoms in total. The van der Waals surface area contributed by atoms with E-state index >= 15 is 0 Å². The van der Waals surface area contributed by atoms with Crippen molar-refractivity contribution in [3.05, 3.63) is 82.1 Å². The summed E-state index contributed by atoms with van der Waals surface area (Å²) in [4.78, 5) is 18.8. The molecule has 4 aromatic carbocycles. The summed E-state index contributed by atoms with van der Waals surface area (Å²) in [6.07, 6.45) is 1.90. The lowest BCUT2D eigenvalue weighted by Gasteiger charge is -2.17. The monoisotopic (exact) mass is 376 g/mol. The molecule has 0 N–H and O–H groups in total. The zero-order valence-corrected chi connectivity index (χ0v) is 16.5. The van der Waals surface area contributed by atoms with Crippen molar-refractivity contribution in [3.63, 3.8) is 0 Å². The number of rotatable bonds is 2. The molecule has 0 saturated carbocycles. The van der Waals surface area contributed by atoms with E-state index in [-0.39, 0.29) is 5.56 Å². The zero-order valence-electron chi connectivity index (χ0n) is 16.5. The average molecular weight is 376 g/mol. The number of fused-ring (bicyclic) bond motifs is 3. The van der Waals surface area contributed by atoms with Crippen molar-refractivity contribution in [2.45, 2.75) is 26.7 Å². The van der Waals surface area contributed by atoms with Gasteiger partial charge < -0.3 is 0 Å². The minimum Gasteiger partial charge on any atom is -0.268 e. The molecule has 0 saturated heterocycles. The topological polar surface area (TPSA) is 34.4 Å². The molecule has 0 spiro atoms. The fourth-order valence-electron chi connectivity index (χ4n) is 5.02. The maximum Gasteiger partial charge on any atom is 0.264 e. The van der Waals surface area contributed by atoms with E-state index in [4.69, 9.17) is 4.98 Å². The molecular formula is C26H20N2O. The Morgan fingerprint density at radius 2 is 1.55 bits per heavy atom. The summed E-state index contributed by atoms with van der Waals surface area (Å²) in [5.74, 6) is 0. The van der Waals surface area contributed by atoms with Gasteiger partial charge in [-0.05, 0) is 46.9 Å². The maximum atomic E-state index is 13.6. The summed E-state index contributed by atoms with van der Waals surface area (Å²) in [5.41, 5.74) is 5.36.